The van der Waals surface area contributed by atoms with Gasteiger partial charge < -0.3 is 20.1 Å². The van der Waals surface area contributed by atoms with Gasteiger partial charge >= 0.3 is 23.9 Å². The van der Waals surface area contributed by atoms with E-state index in [-0.39, 0.29) is 39.6 Å². The number of fused-ring (bicyclic) bond motifs is 2. The maximum absolute atomic E-state index is 13.0. The first kappa shape index (κ1) is 23.0. The molecule has 8 nitrogen and oxygen atoms in total. The summed E-state index contributed by atoms with van der Waals surface area (Å²) in [4.78, 5) is 49.1. The molecule has 0 aliphatic heterocycles. The molecule has 0 aliphatic rings. The lowest BCUT2D eigenvalue weighted by Crippen LogP contribution is -2.10. The lowest BCUT2D eigenvalue weighted by molar-refractivity contribution is 0.0501. The molecule has 8 heteroatoms. The average molecular weight is 484 g/mol. The number of aromatic carboxylic acids is 3. The Morgan fingerprint density at radius 1 is 0.583 bits per heavy atom. The number of esters is 1. The van der Waals surface area contributed by atoms with Crippen molar-refractivity contribution in [2.75, 3.05) is 6.61 Å². The van der Waals surface area contributed by atoms with Gasteiger partial charge in [-0.2, -0.15) is 0 Å². The van der Waals surface area contributed by atoms with Crippen molar-refractivity contribution in [2.24, 2.45) is 0 Å². The normalized spacial score (nSPS) is 11.5. The molecular formula is C28H20O8. The first-order valence-electron chi connectivity index (χ1n) is 11.3. The maximum atomic E-state index is 13.0. The molecule has 0 saturated carbocycles. The summed E-state index contributed by atoms with van der Waals surface area (Å²) < 4.78 is 5.39. The molecule has 0 spiro atoms. The van der Waals surface area contributed by atoms with E-state index in [0.29, 0.717) is 38.7 Å². The van der Waals surface area contributed by atoms with Crippen molar-refractivity contribution in [1.82, 2.24) is 0 Å². The maximum Gasteiger partial charge on any atom is 0.338 e. The second-order valence-corrected chi connectivity index (χ2v) is 8.55. The SMILES string of the molecule is CCCCOC(=O)c1ccc2c3ccc(C(=O)O)c4c(C(=O)O)ccc(c5ccc(C(=O)O)c1c52)c43. The third-order valence-corrected chi connectivity index (χ3v) is 6.54. The summed E-state index contributed by atoms with van der Waals surface area (Å²) in [5.41, 5.74) is -0.243. The predicted octanol–water partition coefficient (Wildman–Crippen LogP) is 5.79. The predicted molar refractivity (Wildman–Crippen MR) is 134 cm³/mol. The van der Waals surface area contributed by atoms with Gasteiger partial charge in [0.1, 0.15) is 0 Å². The molecular weight excluding hydrogens is 464 g/mol. The zero-order valence-electron chi connectivity index (χ0n) is 19.1. The number of carboxylic acids is 3. The van der Waals surface area contributed by atoms with E-state index in [0.717, 1.165) is 6.42 Å². The van der Waals surface area contributed by atoms with Gasteiger partial charge in [0.2, 0.25) is 0 Å². The fraction of sp³-hybridized carbons (Fsp3) is 0.143. The summed E-state index contributed by atoms with van der Waals surface area (Å²) >= 11 is 0. The highest BCUT2D eigenvalue weighted by atomic mass is 16.5. The minimum atomic E-state index is -1.26. The van der Waals surface area contributed by atoms with E-state index in [1.165, 1.54) is 24.3 Å². The molecule has 0 aromatic heterocycles. The van der Waals surface area contributed by atoms with Crippen LogP contribution >= 0.6 is 0 Å². The van der Waals surface area contributed by atoms with Gasteiger partial charge in [0.15, 0.2) is 0 Å². The van der Waals surface area contributed by atoms with E-state index in [9.17, 15) is 34.5 Å². The number of rotatable bonds is 7. The Kier molecular flexibility index (Phi) is 5.44. The van der Waals surface area contributed by atoms with Crippen molar-refractivity contribution >= 4 is 67.0 Å². The summed E-state index contributed by atoms with van der Waals surface area (Å²) in [6.45, 7) is 2.17. The van der Waals surface area contributed by atoms with Gasteiger partial charge in [0, 0.05) is 10.8 Å². The Morgan fingerprint density at radius 2 is 0.944 bits per heavy atom. The van der Waals surface area contributed by atoms with Gasteiger partial charge in [-0.05, 0) is 63.0 Å². The second kappa shape index (κ2) is 8.49. The highest BCUT2D eigenvalue weighted by molar-refractivity contribution is 6.38. The topological polar surface area (TPSA) is 138 Å². The summed E-state index contributed by atoms with van der Waals surface area (Å²) in [6.07, 6.45) is 1.50. The Labute approximate surface area is 203 Å². The molecule has 0 radical (unpaired) electrons. The largest absolute Gasteiger partial charge is 0.478 e. The molecule has 0 atom stereocenters. The number of carboxylic acid groups (broad SMARTS) is 3. The van der Waals surface area contributed by atoms with Crippen molar-refractivity contribution in [3.63, 3.8) is 0 Å². The summed E-state index contributed by atoms with van der Waals surface area (Å²) in [5.74, 6) is -4.36. The number of unbranched alkanes of at least 4 members (excludes halogenated alkanes) is 1. The van der Waals surface area contributed by atoms with E-state index < -0.39 is 23.9 Å². The van der Waals surface area contributed by atoms with Crippen LogP contribution in [0.25, 0.3) is 43.1 Å². The van der Waals surface area contributed by atoms with E-state index >= 15 is 0 Å². The highest BCUT2D eigenvalue weighted by Gasteiger charge is 2.25. The fourth-order valence-corrected chi connectivity index (χ4v) is 4.98. The van der Waals surface area contributed by atoms with Gasteiger partial charge in [-0.15, -0.1) is 0 Å². The van der Waals surface area contributed by atoms with Crippen molar-refractivity contribution in [3.05, 3.63) is 70.8 Å². The molecule has 5 aromatic rings. The number of benzene rings is 5. The molecule has 5 rings (SSSR count). The van der Waals surface area contributed by atoms with Crippen LogP contribution < -0.4 is 0 Å². The van der Waals surface area contributed by atoms with E-state index in [4.69, 9.17) is 4.74 Å². The van der Waals surface area contributed by atoms with Crippen LogP contribution in [0.1, 0.15) is 61.2 Å². The molecule has 0 heterocycles. The van der Waals surface area contributed by atoms with E-state index in [1.54, 1.807) is 24.3 Å². The molecule has 0 fully saturated rings. The molecule has 0 bridgehead atoms. The minimum absolute atomic E-state index is 0.0675. The first-order chi connectivity index (χ1) is 17.3. The molecule has 0 unspecified atom stereocenters. The number of carbonyl (C=O) groups excluding carboxylic acids is 1. The summed E-state index contributed by atoms with van der Waals surface area (Å²) in [6, 6.07) is 12.0. The molecule has 3 N–H and O–H groups in total. The number of carbonyl (C=O) groups is 4. The second-order valence-electron chi connectivity index (χ2n) is 8.55. The van der Waals surface area contributed by atoms with E-state index in [1.807, 2.05) is 6.92 Å². The standard InChI is InChI=1S/C28H20O8/c1-2-3-12-36-28(35)20-11-7-16-14-5-9-18(26(31)32)23-17(25(29)30)8-4-13(21(14)23)15-6-10-19(27(33)34)24(20)22(15)16/h4-11H,2-3,12H2,1H3,(H,29,30)(H,31,32)(H,33,34). The zero-order valence-corrected chi connectivity index (χ0v) is 19.1. The smallest absolute Gasteiger partial charge is 0.338 e. The van der Waals surface area contributed by atoms with Gasteiger partial charge in [0.05, 0.1) is 28.9 Å². The monoisotopic (exact) mass is 484 g/mol. The number of ether oxygens (including phenoxy) is 1. The summed E-state index contributed by atoms with van der Waals surface area (Å²) in [5, 5.41) is 33.0. The van der Waals surface area contributed by atoms with Gasteiger partial charge in [-0.25, -0.2) is 19.2 Å². The Bertz CT molecular complexity index is 1680. The van der Waals surface area contributed by atoms with Crippen LogP contribution in [0, 0.1) is 0 Å². The number of hydrogen-bond donors (Lipinski definition) is 3. The third-order valence-electron chi connectivity index (χ3n) is 6.54. The van der Waals surface area contributed by atoms with Crippen LogP contribution in [0.4, 0.5) is 0 Å². The van der Waals surface area contributed by atoms with Gasteiger partial charge in [-0.3, -0.25) is 0 Å². The van der Waals surface area contributed by atoms with Crippen molar-refractivity contribution < 1.29 is 39.2 Å². The lowest BCUT2D eigenvalue weighted by atomic mass is 9.84. The zero-order chi connectivity index (χ0) is 25.7. The fourth-order valence-electron chi connectivity index (χ4n) is 4.98. The first-order valence-corrected chi connectivity index (χ1v) is 11.3. The quantitative estimate of drug-likeness (QED) is 0.114. The van der Waals surface area contributed by atoms with Crippen molar-refractivity contribution in [2.45, 2.75) is 19.8 Å². The number of hydrogen-bond acceptors (Lipinski definition) is 5. The van der Waals surface area contributed by atoms with Crippen molar-refractivity contribution in [3.8, 4) is 0 Å². The molecule has 0 amide bonds. The summed E-state index contributed by atoms with van der Waals surface area (Å²) in [7, 11) is 0. The molecule has 5 aromatic carbocycles. The third kappa shape index (κ3) is 3.30. The molecule has 36 heavy (non-hydrogen) atoms. The van der Waals surface area contributed by atoms with Gasteiger partial charge in [-0.1, -0.05) is 37.6 Å². The average Bonchev–Trinajstić information content (AvgIpc) is 2.85. The van der Waals surface area contributed by atoms with Crippen LogP contribution in [0.3, 0.4) is 0 Å². The van der Waals surface area contributed by atoms with Gasteiger partial charge in [0.25, 0.3) is 0 Å². The van der Waals surface area contributed by atoms with Crippen molar-refractivity contribution in [1.29, 1.82) is 0 Å². The highest BCUT2D eigenvalue weighted by Crippen LogP contribution is 2.44. The molecule has 0 saturated heterocycles. The van der Waals surface area contributed by atoms with Crippen LogP contribution in [0.15, 0.2) is 48.5 Å². The van der Waals surface area contributed by atoms with Crippen LogP contribution in [0.5, 0.6) is 0 Å². The minimum Gasteiger partial charge on any atom is -0.478 e. The Balaban J connectivity index is 1.99. The Hall–Kier alpha value is -4.72. The lowest BCUT2D eigenvalue weighted by Gasteiger charge is -2.19. The molecule has 180 valence electrons. The Morgan fingerprint density at radius 3 is 1.31 bits per heavy atom. The van der Waals surface area contributed by atoms with E-state index in [2.05, 4.69) is 0 Å². The van der Waals surface area contributed by atoms with Crippen LogP contribution in [-0.4, -0.2) is 45.8 Å². The van der Waals surface area contributed by atoms with Crippen LogP contribution in [0.2, 0.25) is 0 Å². The van der Waals surface area contributed by atoms with Crippen LogP contribution in [-0.2, 0) is 4.74 Å². The molecule has 0 aliphatic carbocycles.